The summed E-state index contributed by atoms with van der Waals surface area (Å²) in [5.41, 5.74) is 0.0302. The van der Waals surface area contributed by atoms with Gasteiger partial charge < -0.3 is 10.4 Å². The van der Waals surface area contributed by atoms with Gasteiger partial charge in [0.25, 0.3) is 0 Å². The van der Waals surface area contributed by atoms with Crippen molar-refractivity contribution in [2.75, 3.05) is 6.61 Å². The van der Waals surface area contributed by atoms with Crippen LogP contribution in [0.1, 0.15) is 40.0 Å². The van der Waals surface area contributed by atoms with Crippen molar-refractivity contribution in [1.82, 2.24) is 5.32 Å². The molecule has 2 aliphatic carbocycles. The van der Waals surface area contributed by atoms with Crippen LogP contribution in [0.5, 0.6) is 0 Å². The van der Waals surface area contributed by atoms with Gasteiger partial charge >= 0.3 is 0 Å². The molecular weight excluding hydrogens is 226 g/mol. The molecule has 102 valence electrons. The molecule has 4 atom stereocenters. The van der Waals surface area contributed by atoms with Crippen LogP contribution in [0.15, 0.2) is 12.2 Å². The minimum Gasteiger partial charge on any atom is -0.396 e. The van der Waals surface area contributed by atoms with E-state index in [4.69, 9.17) is 0 Å². The van der Waals surface area contributed by atoms with Gasteiger partial charge in [-0.25, -0.2) is 0 Å². The van der Waals surface area contributed by atoms with Crippen molar-refractivity contribution < 1.29 is 9.90 Å². The number of aliphatic hydroxyl groups excluding tert-OH is 1. The van der Waals surface area contributed by atoms with Gasteiger partial charge in [0.1, 0.15) is 0 Å². The SMILES string of the molecule is CC(C)(C)/C=C/C(=O)NC1C2CCC(C2)C1CO. The van der Waals surface area contributed by atoms with Gasteiger partial charge in [-0.1, -0.05) is 26.8 Å². The third kappa shape index (κ3) is 2.94. The van der Waals surface area contributed by atoms with E-state index in [1.165, 1.54) is 19.3 Å². The molecule has 1 amide bonds. The summed E-state index contributed by atoms with van der Waals surface area (Å²) in [6, 6.07) is 0.186. The highest BCUT2D eigenvalue weighted by Crippen LogP contribution is 2.48. The lowest BCUT2D eigenvalue weighted by molar-refractivity contribution is -0.118. The lowest BCUT2D eigenvalue weighted by Crippen LogP contribution is -2.44. The van der Waals surface area contributed by atoms with E-state index in [2.05, 4.69) is 26.1 Å². The van der Waals surface area contributed by atoms with Gasteiger partial charge in [-0.15, -0.1) is 0 Å². The van der Waals surface area contributed by atoms with Gasteiger partial charge in [0.2, 0.25) is 5.91 Å². The van der Waals surface area contributed by atoms with Crippen LogP contribution < -0.4 is 5.32 Å². The Morgan fingerprint density at radius 3 is 2.61 bits per heavy atom. The van der Waals surface area contributed by atoms with E-state index in [9.17, 15) is 9.90 Å². The lowest BCUT2D eigenvalue weighted by atomic mass is 9.85. The van der Waals surface area contributed by atoms with Gasteiger partial charge in [-0.05, 0) is 42.6 Å². The molecule has 4 unspecified atom stereocenters. The van der Waals surface area contributed by atoms with E-state index in [-0.39, 0.29) is 29.9 Å². The topological polar surface area (TPSA) is 49.3 Å². The van der Waals surface area contributed by atoms with Crippen molar-refractivity contribution in [3.63, 3.8) is 0 Å². The van der Waals surface area contributed by atoms with Crippen LogP contribution in [0.4, 0.5) is 0 Å². The highest BCUT2D eigenvalue weighted by atomic mass is 16.3. The monoisotopic (exact) mass is 251 g/mol. The van der Waals surface area contributed by atoms with Crippen LogP contribution in [-0.2, 0) is 4.79 Å². The quantitative estimate of drug-likeness (QED) is 0.755. The zero-order valence-electron chi connectivity index (χ0n) is 11.6. The number of carbonyl (C=O) groups excluding carboxylic acids is 1. The van der Waals surface area contributed by atoms with E-state index in [1.807, 2.05) is 6.08 Å². The van der Waals surface area contributed by atoms with E-state index < -0.39 is 0 Å². The maximum Gasteiger partial charge on any atom is 0.243 e. The number of aliphatic hydroxyl groups is 1. The van der Waals surface area contributed by atoms with Crippen LogP contribution in [0.2, 0.25) is 0 Å². The molecule has 0 spiro atoms. The van der Waals surface area contributed by atoms with Crippen molar-refractivity contribution in [2.45, 2.75) is 46.1 Å². The number of allylic oxidation sites excluding steroid dienone is 1. The minimum atomic E-state index is -0.0130. The number of nitrogens with one attached hydrogen (secondary N) is 1. The Balaban J connectivity index is 1.93. The van der Waals surface area contributed by atoms with Gasteiger partial charge in [0.15, 0.2) is 0 Å². The number of hydrogen-bond acceptors (Lipinski definition) is 2. The van der Waals surface area contributed by atoms with E-state index in [0.29, 0.717) is 11.8 Å². The molecule has 18 heavy (non-hydrogen) atoms. The van der Waals surface area contributed by atoms with Crippen molar-refractivity contribution in [3.05, 3.63) is 12.2 Å². The number of rotatable bonds is 3. The van der Waals surface area contributed by atoms with Crippen molar-refractivity contribution in [2.24, 2.45) is 23.2 Å². The second-order valence-electron chi connectivity index (χ2n) is 6.91. The van der Waals surface area contributed by atoms with Crippen molar-refractivity contribution in [3.8, 4) is 0 Å². The minimum absolute atomic E-state index is 0.0130. The fraction of sp³-hybridized carbons (Fsp3) is 0.800. The summed E-state index contributed by atoms with van der Waals surface area (Å²) >= 11 is 0. The molecule has 0 aromatic rings. The third-order valence-electron chi connectivity index (χ3n) is 4.34. The molecule has 0 heterocycles. The molecular formula is C15H25NO2. The molecule has 3 nitrogen and oxygen atoms in total. The molecule has 0 aromatic heterocycles. The number of hydrogen-bond donors (Lipinski definition) is 2. The van der Waals surface area contributed by atoms with Gasteiger partial charge in [0, 0.05) is 18.6 Å². The second kappa shape index (κ2) is 5.04. The Labute approximate surface area is 110 Å². The van der Waals surface area contributed by atoms with Crippen molar-refractivity contribution in [1.29, 1.82) is 0 Å². The summed E-state index contributed by atoms with van der Waals surface area (Å²) in [4.78, 5) is 11.9. The summed E-state index contributed by atoms with van der Waals surface area (Å²) in [6.45, 7) is 6.43. The zero-order chi connectivity index (χ0) is 13.3. The molecule has 0 aliphatic heterocycles. The molecule has 2 rings (SSSR count). The standard InChI is InChI=1S/C15H25NO2/c1-15(2,3)7-6-13(18)16-14-11-5-4-10(8-11)12(14)9-17/h6-7,10-12,14,17H,4-5,8-9H2,1-3H3,(H,16,18)/b7-6+. The Bertz CT molecular complexity index is 343. The first kappa shape index (κ1) is 13.6. The Morgan fingerprint density at radius 1 is 1.33 bits per heavy atom. The number of carbonyl (C=O) groups is 1. The molecule has 2 fully saturated rings. The van der Waals surface area contributed by atoms with Crippen LogP contribution >= 0.6 is 0 Å². The molecule has 0 radical (unpaired) electrons. The van der Waals surface area contributed by atoms with Crippen LogP contribution in [0.25, 0.3) is 0 Å². The lowest BCUT2D eigenvalue weighted by Gasteiger charge is -2.30. The average molecular weight is 251 g/mol. The summed E-state index contributed by atoms with van der Waals surface area (Å²) in [5, 5.41) is 12.6. The fourth-order valence-corrected chi connectivity index (χ4v) is 3.44. The van der Waals surface area contributed by atoms with E-state index in [1.54, 1.807) is 6.08 Å². The maximum absolute atomic E-state index is 11.9. The molecule has 2 aliphatic rings. The normalized spacial score (nSPS) is 35.3. The molecule has 3 heteroatoms. The number of fused-ring (bicyclic) bond motifs is 2. The molecule has 0 saturated heterocycles. The second-order valence-corrected chi connectivity index (χ2v) is 6.91. The maximum atomic E-state index is 11.9. The first-order chi connectivity index (χ1) is 8.40. The molecule has 2 bridgehead atoms. The Kier molecular flexibility index (Phi) is 3.81. The molecule has 0 aromatic carbocycles. The first-order valence-corrected chi connectivity index (χ1v) is 7.01. The summed E-state index contributed by atoms with van der Waals surface area (Å²) < 4.78 is 0. The predicted octanol–water partition coefficient (Wildman–Crippen LogP) is 2.11. The summed E-state index contributed by atoms with van der Waals surface area (Å²) in [7, 11) is 0. The molecule has 2 N–H and O–H groups in total. The third-order valence-corrected chi connectivity index (χ3v) is 4.34. The predicted molar refractivity (Wildman–Crippen MR) is 71.9 cm³/mol. The van der Waals surface area contributed by atoms with Gasteiger partial charge in [0.05, 0.1) is 0 Å². The number of amides is 1. The van der Waals surface area contributed by atoms with Crippen molar-refractivity contribution >= 4 is 5.91 Å². The Hall–Kier alpha value is -0.830. The molecule has 2 saturated carbocycles. The zero-order valence-corrected chi connectivity index (χ0v) is 11.6. The Morgan fingerprint density at radius 2 is 2.00 bits per heavy atom. The van der Waals surface area contributed by atoms with E-state index in [0.717, 1.165) is 0 Å². The van der Waals surface area contributed by atoms with Gasteiger partial charge in [-0.2, -0.15) is 0 Å². The van der Waals surface area contributed by atoms with Crippen LogP contribution in [0, 0.1) is 23.2 Å². The van der Waals surface area contributed by atoms with E-state index >= 15 is 0 Å². The van der Waals surface area contributed by atoms with Gasteiger partial charge in [-0.3, -0.25) is 4.79 Å². The summed E-state index contributed by atoms with van der Waals surface area (Å²) in [6.07, 6.45) is 7.18. The van der Waals surface area contributed by atoms with Crippen LogP contribution in [-0.4, -0.2) is 23.7 Å². The fourth-order valence-electron chi connectivity index (χ4n) is 3.44. The highest BCUT2D eigenvalue weighted by molar-refractivity contribution is 5.87. The first-order valence-electron chi connectivity index (χ1n) is 7.01. The largest absolute Gasteiger partial charge is 0.396 e. The van der Waals surface area contributed by atoms with Crippen LogP contribution in [0.3, 0.4) is 0 Å². The summed E-state index contributed by atoms with van der Waals surface area (Å²) in [5.74, 6) is 1.47. The highest BCUT2D eigenvalue weighted by Gasteiger charge is 2.47. The smallest absolute Gasteiger partial charge is 0.243 e. The average Bonchev–Trinajstić information content (AvgIpc) is 2.85.